The molecule has 3 N–H and O–H groups in total. The molecule has 1 aliphatic rings. The van der Waals surface area contributed by atoms with Gasteiger partial charge in [0.1, 0.15) is 0 Å². The van der Waals surface area contributed by atoms with Gasteiger partial charge in [0.05, 0.1) is 9.82 Å². The molecule has 1 aromatic rings. The molecule has 1 fully saturated rings. The normalized spacial score (nSPS) is 20.6. The van der Waals surface area contributed by atoms with Crippen LogP contribution in [0.2, 0.25) is 0 Å². The first-order chi connectivity index (χ1) is 8.82. The molecule has 9 heteroatoms. The van der Waals surface area contributed by atoms with Crippen LogP contribution in [-0.2, 0) is 10.0 Å². The summed E-state index contributed by atoms with van der Waals surface area (Å²) in [7, 11) is -3.81. The summed E-state index contributed by atoms with van der Waals surface area (Å²) in [5, 5.41) is 20.0. The molecule has 0 bridgehead atoms. The van der Waals surface area contributed by atoms with E-state index in [1.54, 1.807) is 0 Å². The van der Waals surface area contributed by atoms with Gasteiger partial charge in [-0.15, -0.1) is 0 Å². The summed E-state index contributed by atoms with van der Waals surface area (Å²) in [5.74, 6) is -0.568. The van der Waals surface area contributed by atoms with Crippen LogP contribution in [0.5, 0.6) is 5.75 Å². The number of nitrogens with zero attached hydrogens (tertiary/aromatic N) is 2. The van der Waals surface area contributed by atoms with Gasteiger partial charge in [-0.1, -0.05) is 0 Å². The molecule has 8 nitrogen and oxygen atoms in total. The number of phenolic OH excluding ortho intramolecular Hbond substituents is 1. The second kappa shape index (κ2) is 4.76. The summed E-state index contributed by atoms with van der Waals surface area (Å²) in [6, 6.07) is 2.78. The topological polar surface area (TPSA) is 127 Å². The molecule has 0 spiro atoms. The largest absolute Gasteiger partial charge is 0.502 e. The Bertz CT molecular complexity index is 616. The van der Waals surface area contributed by atoms with Gasteiger partial charge in [0.15, 0.2) is 5.75 Å². The summed E-state index contributed by atoms with van der Waals surface area (Å²) < 4.78 is 25.7. The molecule has 0 aromatic heterocycles. The van der Waals surface area contributed by atoms with E-state index in [2.05, 4.69) is 0 Å². The van der Waals surface area contributed by atoms with Crippen molar-refractivity contribution in [2.75, 3.05) is 13.1 Å². The van der Waals surface area contributed by atoms with Gasteiger partial charge in [0.25, 0.3) is 0 Å². The average Bonchev–Trinajstić information content (AvgIpc) is 2.76. The number of hydrogen-bond donors (Lipinski definition) is 2. The fourth-order valence-corrected chi connectivity index (χ4v) is 3.46. The van der Waals surface area contributed by atoms with Crippen LogP contribution in [0.25, 0.3) is 0 Å². The zero-order valence-electron chi connectivity index (χ0n) is 9.89. The predicted octanol–water partition coefficient (Wildman–Crippen LogP) is 0.0221. The molecule has 1 saturated heterocycles. The lowest BCUT2D eigenvalue weighted by Crippen LogP contribution is -2.31. The van der Waals surface area contributed by atoms with Crippen LogP contribution in [0.3, 0.4) is 0 Å². The summed E-state index contributed by atoms with van der Waals surface area (Å²) in [5.41, 5.74) is 5.01. The summed E-state index contributed by atoms with van der Waals surface area (Å²) in [4.78, 5) is 9.65. The number of nitrogens with two attached hydrogens (primary N) is 1. The molecule has 19 heavy (non-hydrogen) atoms. The van der Waals surface area contributed by atoms with Crippen molar-refractivity contribution in [1.29, 1.82) is 0 Å². The van der Waals surface area contributed by atoms with Crippen molar-refractivity contribution in [1.82, 2.24) is 4.31 Å². The Morgan fingerprint density at radius 1 is 1.47 bits per heavy atom. The smallest absolute Gasteiger partial charge is 0.312 e. The van der Waals surface area contributed by atoms with Crippen LogP contribution in [0.15, 0.2) is 23.1 Å². The van der Waals surface area contributed by atoms with Crippen molar-refractivity contribution in [2.24, 2.45) is 5.73 Å². The van der Waals surface area contributed by atoms with E-state index in [0.29, 0.717) is 6.42 Å². The molecule has 104 valence electrons. The minimum atomic E-state index is -3.81. The third kappa shape index (κ3) is 2.53. The number of aromatic hydroxyl groups is 1. The van der Waals surface area contributed by atoms with E-state index in [-0.39, 0.29) is 24.0 Å². The molecule has 0 saturated carbocycles. The molecule has 2 rings (SSSR count). The molecule has 0 amide bonds. The van der Waals surface area contributed by atoms with Crippen molar-refractivity contribution >= 4 is 15.7 Å². The van der Waals surface area contributed by atoms with Crippen LogP contribution in [-0.4, -0.2) is 41.9 Å². The Morgan fingerprint density at radius 3 is 2.68 bits per heavy atom. The number of nitro benzene ring substituents is 1. The quantitative estimate of drug-likeness (QED) is 0.596. The zero-order chi connectivity index (χ0) is 14.2. The van der Waals surface area contributed by atoms with Crippen molar-refractivity contribution in [3.05, 3.63) is 28.3 Å². The standard InChI is InChI=1S/C10H13N3O5S/c11-7-3-4-12(6-7)19(17,18)8-1-2-10(14)9(5-8)13(15)16/h1-2,5,7,14H,3-4,6,11H2/t7-/m0/s1. The maximum Gasteiger partial charge on any atom is 0.312 e. The monoisotopic (exact) mass is 287 g/mol. The maximum atomic E-state index is 12.2. The van der Waals surface area contributed by atoms with E-state index in [1.807, 2.05) is 0 Å². The van der Waals surface area contributed by atoms with Crippen LogP contribution >= 0.6 is 0 Å². The van der Waals surface area contributed by atoms with Gasteiger partial charge in [-0.3, -0.25) is 10.1 Å². The average molecular weight is 287 g/mol. The highest BCUT2D eigenvalue weighted by atomic mass is 32.2. The lowest BCUT2D eigenvalue weighted by Gasteiger charge is -2.15. The molecule has 1 aliphatic heterocycles. The van der Waals surface area contributed by atoms with Crippen molar-refractivity contribution in [3.8, 4) is 5.75 Å². The lowest BCUT2D eigenvalue weighted by atomic mass is 10.3. The summed E-state index contributed by atoms with van der Waals surface area (Å²) >= 11 is 0. The maximum absolute atomic E-state index is 12.2. The van der Waals surface area contributed by atoms with E-state index in [0.717, 1.165) is 18.2 Å². The van der Waals surface area contributed by atoms with Crippen molar-refractivity contribution < 1.29 is 18.4 Å². The van der Waals surface area contributed by atoms with Gasteiger partial charge < -0.3 is 10.8 Å². The molecule has 0 unspecified atom stereocenters. The van der Waals surface area contributed by atoms with Crippen molar-refractivity contribution in [3.63, 3.8) is 0 Å². The molecular formula is C10H13N3O5S. The summed E-state index contributed by atoms with van der Waals surface area (Å²) in [6.45, 7) is 0.481. The zero-order valence-corrected chi connectivity index (χ0v) is 10.7. The first-order valence-electron chi connectivity index (χ1n) is 5.55. The lowest BCUT2D eigenvalue weighted by molar-refractivity contribution is -0.386. The number of phenols is 1. The minimum Gasteiger partial charge on any atom is -0.502 e. The Hall–Kier alpha value is -1.71. The van der Waals surface area contributed by atoms with E-state index >= 15 is 0 Å². The van der Waals surface area contributed by atoms with E-state index in [1.165, 1.54) is 4.31 Å². The fourth-order valence-electron chi connectivity index (χ4n) is 1.93. The first kappa shape index (κ1) is 13.7. The van der Waals surface area contributed by atoms with Crippen LogP contribution < -0.4 is 5.73 Å². The van der Waals surface area contributed by atoms with Crippen LogP contribution in [0.1, 0.15) is 6.42 Å². The third-order valence-electron chi connectivity index (χ3n) is 2.97. The summed E-state index contributed by atoms with van der Waals surface area (Å²) in [6.07, 6.45) is 0.555. The molecule has 0 aliphatic carbocycles. The van der Waals surface area contributed by atoms with Gasteiger partial charge >= 0.3 is 5.69 Å². The third-order valence-corrected chi connectivity index (χ3v) is 4.83. The Morgan fingerprint density at radius 2 is 2.16 bits per heavy atom. The van der Waals surface area contributed by atoms with Gasteiger partial charge in [0, 0.05) is 25.2 Å². The second-order valence-corrected chi connectivity index (χ2v) is 6.26. The van der Waals surface area contributed by atoms with E-state index in [4.69, 9.17) is 5.73 Å². The SMILES string of the molecule is N[C@H]1CCN(S(=O)(=O)c2ccc(O)c([N+](=O)[O-])c2)C1. The highest BCUT2D eigenvalue weighted by molar-refractivity contribution is 7.89. The second-order valence-electron chi connectivity index (χ2n) is 4.32. The number of nitro groups is 1. The number of rotatable bonds is 3. The van der Waals surface area contributed by atoms with Crippen LogP contribution in [0, 0.1) is 10.1 Å². The Labute approximate surface area is 109 Å². The predicted molar refractivity (Wildman–Crippen MR) is 66.1 cm³/mol. The number of benzene rings is 1. The highest BCUT2D eigenvalue weighted by Crippen LogP contribution is 2.30. The van der Waals surface area contributed by atoms with Gasteiger partial charge in [-0.25, -0.2) is 8.42 Å². The number of hydrogen-bond acceptors (Lipinski definition) is 6. The number of sulfonamides is 1. The Kier molecular flexibility index (Phi) is 3.43. The van der Waals surface area contributed by atoms with Gasteiger partial charge in [-0.2, -0.15) is 4.31 Å². The van der Waals surface area contributed by atoms with Gasteiger partial charge in [0.2, 0.25) is 10.0 Å². The highest BCUT2D eigenvalue weighted by Gasteiger charge is 2.32. The molecule has 1 aromatic carbocycles. The first-order valence-corrected chi connectivity index (χ1v) is 6.99. The molecule has 0 radical (unpaired) electrons. The molecule has 1 heterocycles. The molecule has 1 atom stereocenters. The van der Waals surface area contributed by atoms with Crippen molar-refractivity contribution in [2.45, 2.75) is 17.4 Å². The fraction of sp³-hybridized carbons (Fsp3) is 0.400. The Balaban J connectivity index is 2.41. The minimum absolute atomic E-state index is 0.191. The van der Waals surface area contributed by atoms with E-state index in [9.17, 15) is 23.6 Å². The molecular weight excluding hydrogens is 274 g/mol. The van der Waals surface area contributed by atoms with Gasteiger partial charge in [-0.05, 0) is 18.6 Å². The van der Waals surface area contributed by atoms with Crippen LogP contribution in [0.4, 0.5) is 5.69 Å². The van der Waals surface area contributed by atoms with E-state index < -0.39 is 26.4 Å².